The lowest BCUT2D eigenvalue weighted by Gasteiger charge is -2.49. The smallest absolute Gasteiger partial charge is 0.183 e. The quantitative estimate of drug-likeness (QED) is 0.400. The minimum Gasteiger partial charge on any atom is -0.390 e. The zero-order valence-electron chi connectivity index (χ0n) is 19.0. The number of thiazole rings is 1. The summed E-state index contributed by atoms with van der Waals surface area (Å²) < 4.78 is 0. The van der Waals surface area contributed by atoms with Crippen molar-refractivity contribution in [1.82, 2.24) is 4.98 Å². The van der Waals surface area contributed by atoms with Gasteiger partial charge in [0.1, 0.15) is 0 Å². The SMILES string of the molecule is CC1(O)CC(N)(c2ccc(-c3nc(NCCC4C=CC=CC4)sc3-c3ccccc3)cc2)C1. The summed E-state index contributed by atoms with van der Waals surface area (Å²) in [4.78, 5) is 6.16. The molecule has 1 fully saturated rings. The van der Waals surface area contributed by atoms with Crippen LogP contribution < -0.4 is 11.1 Å². The van der Waals surface area contributed by atoms with E-state index in [9.17, 15) is 5.11 Å². The summed E-state index contributed by atoms with van der Waals surface area (Å²) in [5.41, 5.74) is 9.75. The molecule has 0 radical (unpaired) electrons. The number of aliphatic hydroxyl groups is 1. The van der Waals surface area contributed by atoms with Gasteiger partial charge in [-0.2, -0.15) is 0 Å². The Bertz CT molecular complexity index is 1150. The molecule has 0 amide bonds. The van der Waals surface area contributed by atoms with Crippen molar-refractivity contribution in [2.24, 2.45) is 11.7 Å². The maximum atomic E-state index is 10.2. The van der Waals surface area contributed by atoms with Crippen LogP contribution in [0, 0.1) is 5.92 Å². The fourth-order valence-electron chi connectivity index (χ4n) is 5.06. The van der Waals surface area contributed by atoms with Crippen LogP contribution >= 0.6 is 11.3 Å². The molecule has 3 aromatic rings. The zero-order valence-corrected chi connectivity index (χ0v) is 19.8. The van der Waals surface area contributed by atoms with Gasteiger partial charge in [0.05, 0.1) is 16.2 Å². The Morgan fingerprint density at radius 1 is 1.06 bits per heavy atom. The van der Waals surface area contributed by atoms with Gasteiger partial charge in [-0.25, -0.2) is 4.98 Å². The molecule has 170 valence electrons. The van der Waals surface area contributed by atoms with Gasteiger partial charge in [-0.3, -0.25) is 0 Å². The van der Waals surface area contributed by atoms with E-state index in [1.807, 2.05) is 13.0 Å². The number of hydrogen-bond donors (Lipinski definition) is 3. The van der Waals surface area contributed by atoms with Crippen LogP contribution in [0.4, 0.5) is 5.13 Å². The van der Waals surface area contributed by atoms with Gasteiger partial charge in [-0.1, -0.05) is 90.2 Å². The van der Waals surface area contributed by atoms with Gasteiger partial charge in [0.15, 0.2) is 5.13 Å². The third-order valence-corrected chi connectivity index (χ3v) is 7.71. The number of hydrogen-bond acceptors (Lipinski definition) is 5. The third kappa shape index (κ3) is 4.81. The van der Waals surface area contributed by atoms with Crippen molar-refractivity contribution in [3.05, 3.63) is 84.5 Å². The minimum atomic E-state index is -0.660. The van der Waals surface area contributed by atoms with Crippen molar-refractivity contribution in [3.63, 3.8) is 0 Å². The lowest BCUT2D eigenvalue weighted by Crippen LogP contribution is -2.58. The Balaban J connectivity index is 1.37. The zero-order chi connectivity index (χ0) is 22.9. The van der Waals surface area contributed by atoms with Gasteiger partial charge < -0.3 is 16.2 Å². The van der Waals surface area contributed by atoms with Gasteiger partial charge in [-0.15, -0.1) is 0 Å². The van der Waals surface area contributed by atoms with E-state index in [4.69, 9.17) is 10.7 Å². The molecule has 1 heterocycles. The standard InChI is InChI=1S/C28H31N3OS/c1-27(32)18-28(29,19-27)23-14-12-21(13-15-23)24-25(22-10-6-3-7-11-22)33-26(31-24)30-17-16-20-8-4-2-5-9-20/h2-8,10-15,20,32H,9,16-19,29H2,1H3,(H,30,31). The third-order valence-electron chi connectivity index (χ3n) is 6.65. The molecule has 2 aliphatic rings. The summed E-state index contributed by atoms with van der Waals surface area (Å²) in [6, 6.07) is 18.9. The Labute approximate surface area is 199 Å². The van der Waals surface area contributed by atoms with Gasteiger partial charge in [0.25, 0.3) is 0 Å². The van der Waals surface area contributed by atoms with E-state index in [1.165, 1.54) is 10.4 Å². The molecule has 2 aromatic carbocycles. The summed E-state index contributed by atoms with van der Waals surface area (Å²) in [6.07, 6.45) is 12.2. The van der Waals surface area contributed by atoms with Crippen molar-refractivity contribution < 1.29 is 5.11 Å². The van der Waals surface area contributed by atoms with Crippen LogP contribution in [0.15, 0.2) is 78.9 Å². The molecular weight excluding hydrogens is 426 g/mol. The highest BCUT2D eigenvalue weighted by Gasteiger charge is 2.49. The lowest BCUT2D eigenvalue weighted by atomic mass is 9.63. The first-order valence-electron chi connectivity index (χ1n) is 11.7. The number of nitrogens with two attached hydrogens (primary N) is 1. The van der Waals surface area contributed by atoms with Crippen LogP contribution in [0.1, 0.15) is 38.2 Å². The van der Waals surface area contributed by atoms with Crippen molar-refractivity contribution in [3.8, 4) is 21.7 Å². The van der Waals surface area contributed by atoms with Crippen LogP contribution in [0.2, 0.25) is 0 Å². The fraction of sp³-hybridized carbons (Fsp3) is 0.321. The number of nitrogens with one attached hydrogen (secondary N) is 1. The first-order valence-corrected chi connectivity index (χ1v) is 12.5. The van der Waals surface area contributed by atoms with E-state index >= 15 is 0 Å². The number of benzene rings is 2. The van der Waals surface area contributed by atoms with E-state index in [1.54, 1.807) is 11.3 Å². The Morgan fingerprint density at radius 3 is 2.48 bits per heavy atom. The second kappa shape index (κ2) is 8.90. The summed E-state index contributed by atoms with van der Waals surface area (Å²) >= 11 is 1.71. The Morgan fingerprint density at radius 2 is 1.82 bits per heavy atom. The van der Waals surface area contributed by atoms with Crippen LogP contribution in [0.3, 0.4) is 0 Å². The Kier molecular flexibility index (Phi) is 5.95. The van der Waals surface area contributed by atoms with E-state index in [0.717, 1.165) is 41.3 Å². The molecule has 0 bridgehead atoms. The van der Waals surface area contributed by atoms with Crippen LogP contribution in [0.5, 0.6) is 0 Å². The van der Waals surface area contributed by atoms with Gasteiger partial charge in [0.2, 0.25) is 0 Å². The van der Waals surface area contributed by atoms with Gasteiger partial charge >= 0.3 is 0 Å². The molecule has 5 rings (SSSR count). The molecule has 1 atom stereocenters. The van der Waals surface area contributed by atoms with E-state index in [-0.39, 0.29) is 0 Å². The summed E-state index contributed by atoms with van der Waals surface area (Å²) in [5, 5.41) is 14.7. The topological polar surface area (TPSA) is 71.2 Å². The number of aromatic nitrogens is 1. The first kappa shape index (κ1) is 22.1. The highest BCUT2D eigenvalue weighted by Crippen LogP contribution is 2.47. The molecule has 5 heteroatoms. The molecule has 4 nitrogen and oxygen atoms in total. The second-order valence-corrected chi connectivity index (χ2v) is 10.7. The van der Waals surface area contributed by atoms with Crippen LogP contribution in [-0.2, 0) is 5.54 Å². The first-order chi connectivity index (χ1) is 15.9. The molecule has 1 unspecified atom stereocenters. The highest BCUT2D eigenvalue weighted by molar-refractivity contribution is 7.19. The number of allylic oxidation sites excluding steroid dienone is 4. The molecule has 2 aliphatic carbocycles. The monoisotopic (exact) mass is 457 g/mol. The number of nitrogens with zero attached hydrogens (tertiary/aromatic N) is 1. The van der Waals surface area contributed by atoms with Gasteiger partial charge in [-0.05, 0) is 49.7 Å². The molecule has 0 spiro atoms. The van der Waals surface area contributed by atoms with Crippen LogP contribution in [-0.4, -0.2) is 22.2 Å². The van der Waals surface area contributed by atoms with E-state index in [0.29, 0.717) is 18.8 Å². The fourth-order valence-corrected chi connectivity index (χ4v) is 6.08. The maximum Gasteiger partial charge on any atom is 0.183 e. The average molecular weight is 458 g/mol. The molecule has 0 saturated heterocycles. The number of anilines is 1. The summed E-state index contributed by atoms with van der Waals surface area (Å²) in [7, 11) is 0. The summed E-state index contributed by atoms with van der Waals surface area (Å²) in [6.45, 7) is 2.75. The Hall–Kier alpha value is -2.73. The largest absolute Gasteiger partial charge is 0.390 e. The number of rotatable bonds is 7. The normalized spacial score (nSPS) is 26.2. The second-order valence-electron chi connectivity index (χ2n) is 9.67. The van der Waals surface area contributed by atoms with Crippen molar-refractivity contribution in [2.45, 2.75) is 43.7 Å². The molecule has 1 aromatic heterocycles. The predicted octanol–water partition coefficient (Wildman–Crippen LogP) is 6.11. The lowest BCUT2D eigenvalue weighted by molar-refractivity contribution is -0.0738. The van der Waals surface area contributed by atoms with Gasteiger partial charge in [0, 0.05) is 17.6 Å². The highest BCUT2D eigenvalue weighted by atomic mass is 32.1. The van der Waals surface area contributed by atoms with Crippen molar-refractivity contribution >= 4 is 16.5 Å². The predicted molar refractivity (Wildman–Crippen MR) is 138 cm³/mol. The molecule has 33 heavy (non-hydrogen) atoms. The van der Waals surface area contributed by atoms with E-state index in [2.05, 4.69) is 78.2 Å². The minimum absolute atomic E-state index is 0.443. The van der Waals surface area contributed by atoms with Crippen molar-refractivity contribution in [1.29, 1.82) is 0 Å². The van der Waals surface area contributed by atoms with Crippen LogP contribution in [0.25, 0.3) is 21.7 Å². The summed E-state index contributed by atoms with van der Waals surface area (Å²) in [5.74, 6) is 0.596. The molecular formula is C28H31N3OS. The molecule has 4 N–H and O–H groups in total. The molecule has 0 aliphatic heterocycles. The average Bonchev–Trinajstić information content (AvgIpc) is 3.23. The maximum absolute atomic E-state index is 10.2. The molecule has 1 saturated carbocycles. The van der Waals surface area contributed by atoms with E-state index < -0.39 is 11.1 Å². The van der Waals surface area contributed by atoms with Crippen molar-refractivity contribution in [2.75, 3.05) is 11.9 Å².